The molecule has 0 bridgehead atoms. The van der Waals surface area contributed by atoms with Gasteiger partial charge in [-0.15, -0.1) is 4.57 Å². The molecular formula is C104H97ClN8OS8Si+8. The van der Waals surface area contributed by atoms with Crippen molar-refractivity contribution < 1.29 is 41.3 Å². The molecule has 123 heavy (non-hydrogen) atoms. The third-order valence-electron chi connectivity index (χ3n) is 22.6. The number of halogens is 1. The molecule has 9 nitrogen and oxygen atoms in total. The van der Waals surface area contributed by atoms with Crippen LogP contribution in [0.5, 0.6) is 5.88 Å². The number of ether oxygens (including phenoxy) is 1. The molecule has 8 aliphatic heterocycles. The summed E-state index contributed by atoms with van der Waals surface area (Å²) in [5, 5.41) is 2.36. The van der Waals surface area contributed by atoms with Crippen LogP contribution in [-0.4, -0.2) is 15.9 Å². The summed E-state index contributed by atoms with van der Waals surface area (Å²) in [4.78, 5) is 11.1. The zero-order chi connectivity index (χ0) is 84.3. The van der Waals surface area contributed by atoms with Crippen molar-refractivity contribution in [1.82, 2.24) is 0 Å². The molecule has 16 aromatic rings. The Morgan fingerprint density at radius 2 is 0.528 bits per heavy atom. The van der Waals surface area contributed by atoms with E-state index in [-0.39, 0.29) is 0 Å². The normalized spacial score (nSPS) is 13.1. The van der Waals surface area contributed by atoms with Crippen LogP contribution in [-0.2, 0) is 47.0 Å². The molecular weight excluding hydrogens is 1700 g/mol. The largest absolute Gasteiger partial charge is 0.448 e. The molecule has 0 saturated carbocycles. The van der Waals surface area contributed by atoms with Gasteiger partial charge in [0, 0.05) is 145 Å². The molecule has 24 rings (SSSR count). The van der Waals surface area contributed by atoms with Crippen molar-refractivity contribution in [2.45, 2.75) is 134 Å². The number of aromatic nitrogens is 8. The second-order valence-electron chi connectivity index (χ2n) is 30.6. The molecule has 0 N–H and O–H groups in total. The average Bonchev–Trinajstić information content (AvgIpc) is 1.10. The van der Waals surface area contributed by atoms with Crippen molar-refractivity contribution in [3.05, 3.63) is 373 Å². The highest BCUT2D eigenvalue weighted by atomic mass is 35.5. The van der Waals surface area contributed by atoms with Gasteiger partial charge in [-0.25, -0.2) is 0 Å². The first-order chi connectivity index (χ1) is 60.3. The minimum Gasteiger partial charge on any atom is -0.448 e. The Balaban J connectivity index is 0.0000000998. The van der Waals surface area contributed by atoms with E-state index in [0.717, 1.165) is 58.0 Å². The Bertz CT molecular complexity index is 6100. The Kier molecular flexibility index (Phi) is 27.7. The Labute approximate surface area is 764 Å². The predicted octanol–water partition coefficient (Wildman–Crippen LogP) is 23.5. The molecule has 610 valence electrons. The SMILES string of the molecule is COc1cccc2[n+]1CSc1ccccc1-2.C[SiH](C)c1cccc2[n+]1CSc1ccccc1-2.Cc1cccc2[n+]1CSc1ccccc1-2.Cc1cccc2[n+]1CSc1ccccc1-2.Cc1cccc2c1SC[n+]1c(C)cccc1-2.Cc1cccc2c1SC[n+]1ccccc1-2.Clc1cccc2[n+]1CSc1ccccc1-2.c1ccc2c(c1)SC[n+]1ccccc1-2. The Morgan fingerprint density at radius 1 is 0.252 bits per heavy atom. The molecule has 0 spiro atoms. The van der Waals surface area contributed by atoms with Crippen LogP contribution in [0.25, 0.3) is 90.1 Å². The summed E-state index contributed by atoms with van der Waals surface area (Å²) in [6.07, 6.45) is 4.28. The number of thioether (sulfide) groups is 8. The third kappa shape index (κ3) is 18.9. The molecule has 0 amide bonds. The molecule has 8 aliphatic rings. The van der Waals surface area contributed by atoms with Gasteiger partial charge in [0.1, 0.15) is 14.1 Å². The van der Waals surface area contributed by atoms with Crippen molar-refractivity contribution >= 4 is 120 Å². The molecule has 0 fully saturated rings. The third-order valence-corrected chi connectivity index (χ3v) is 33.4. The summed E-state index contributed by atoms with van der Waals surface area (Å²) in [7, 11) is 0.958. The number of nitrogens with zero attached hydrogens (tertiary/aromatic N) is 8. The number of fused-ring (bicyclic) bond motifs is 24. The number of pyridine rings is 8. The maximum Gasteiger partial charge on any atom is 0.368 e. The summed E-state index contributed by atoms with van der Waals surface area (Å²) >= 11 is 21.3. The lowest BCUT2D eigenvalue weighted by atomic mass is 10.1. The van der Waals surface area contributed by atoms with E-state index in [1.54, 1.807) is 12.4 Å². The Hall–Kier alpha value is -9.93. The van der Waals surface area contributed by atoms with Crippen molar-refractivity contribution in [2.24, 2.45) is 0 Å². The first kappa shape index (κ1) is 85.2. The van der Waals surface area contributed by atoms with Crippen LogP contribution in [0.4, 0.5) is 0 Å². The highest BCUT2D eigenvalue weighted by Crippen LogP contribution is 2.42. The van der Waals surface area contributed by atoms with Crippen molar-refractivity contribution in [3.63, 3.8) is 0 Å². The zero-order valence-electron chi connectivity index (χ0n) is 70.2. The minimum absolute atomic E-state index is 0.759. The molecule has 19 heteroatoms. The van der Waals surface area contributed by atoms with E-state index in [1.807, 2.05) is 118 Å². The van der Waals surface area contributed by atoms with Crippen LogP contribution in [0.15, 0.2) is 379 Å². The van der Waals surface area contributed by atoms with E-state index in [2.05, 4.69) is 400 Å². The molecule has 0 unspecified atom stereocenters. The second kappa shape index (κ2) is 39.9. The predicted molar refractivity (Wildman–Crippen MR) is 517 cm³/mol. The number of benzene rings is 8. The van der Waals surface area contributed by atoms with E-state index in [4.69, 9.17) is 16.3 Å². The van der Waals surface area contributed by atoms with E-state index in [9.17, 15) is 0 Å². The lowest BCUT2D eigenvalue weighted by molar-refractivity contribution is -0.672. The molecule has 0 radical (unpaired) electrons. The molecule has 0 aliphatic carbocycles. The summed E-state index contributed by atoms with van der Waals surface area (Å²) in [6.45, 7) is 15.7. The quantitative estimate of drug-likeness (QED) is 0.0956. The van der Waals surface area contributed by atoms with Crippen LogP contribution in [0, 0.1) is 34.6 Å². The Morgan fingerprint density at radius 3 is 0.967 bits per heavy atom. The van der Waals surface area contributed by atoms with Crippen LogP contribution in [0.1, 0.15) is 28.2 Å². The topological polar surface area (TPSA) is 40.3 Å². The van der Waals surface area contributed by atoms with Gasteiger partial charge in [0.2, 0.25) is 57.3 Å². The fraction of sp³-hybridized carbons (Fsp3) is 0.154. The van der Waals surface area contributed by atoms with Gasteiger partial charge < -0.3 is 4.74 Å². The molecule has 0 atom stereocenters. The molecule has 8 aromatic carbocycles. The highest BCUT2D eigenvalue weighted by Gasteiger charge is 2.33. The zero-order valence-corrected chi connectivity index (χ0v) is 78.6. The van der Waals surface area contributed by atoms with E-state index in [1.165, 1.54) is 157 Å². The summed E-state index contributed by atoms with van der Waals surface area (Å²) < 4.78 is 23.9. The molecule has 8 aromatic heterocycles. The fourth-order valence-electron chi connectivity index (χ4n) is 16.2. The number of rotatable bonds is 2. The smallest absolute Gasteiger partial charge is 0.368 e. The highest BCUT2D eigenvalue weighted by molar-refractivity contribution is 8.00. The van der Waals surface area contributed by atoms with Gasteiger partial charge in [0.15, 0.2) is 64.7 Å². The fourth-order valence-corrected chi connectivity index (χ4v) is 26.7. The van der Waals surface area contributed by atoms with Crippen molar-refractivity contribution in [1.29, 1.82) is 0 Å². The monoisotopic (exact) mass is 1790 g/mol. The number of hydrogen-bond donors (Lipinski definition) is 0. The van der Waals surface area contributed by atoms with Gasteiger partial charge in [-0.2, -0.15) is 32.0 Å². The van der Waals surface area contributed by atoms with Gasteiger partial charge in [0.25, 0.3) is 5.15 Å². The summed E-state index contributed by atoms with van der Waals surface area (Å²) in [5.74, 6) is 8.91. The van der Waals surface area contributed by atoms with Crippen LogP contribution >= 0.6 is 106 Å². The maximum absolute atomic E-state index is 6.16. The van der Waals surface area contributed by atoms with Crippen molar-refractivity contribution in [3.8, 4) is 95.9 Å². The number of aryl methyl sites for hydroxylation is 5. The lowest BCUT2D eigenvalue weighted by Crippen LogP contribution is -2.56. The van der Waals surface area contributed by atoms with Gasteiger partial charge >= 0.3 is 5.88 Å². The van der Waals surface area contributed by atoms with Gasteiger partial charge in [-0.05, 0) is 176 Å². The standard InChI is InChI=1S/C14H16NSSi.C14H14NS.C13H12NOS.3C13H12NS.C12H9ClNS.C12H10NS/c1-17(2)14-9-5-7-12-11-6-3-4-8-13(11)16-10-15(12)14;1-10-5-3-7-12-13-8-4-6-11(2)15(13)9-16-14(10)12;1-15-13-8-4-6-11-10-5-2-3-7-12(10)16-9-14(11)13;1-10-5-4-6-11-12-7-2-3-8-14(12)9-15-13(10)11;2*1-10-5-4-7-12-11-6-2-3-8-13(11)15-9-14(10)12;13-12-7-3-5-10-9-4-1-2-6-11(9)15-8-14(10)12;1-2-7-12-10(5-1)11-6-3-4-8-13(11)9-14-12/h3-9,17H,10H2,1-2H3;3-8H,9H2,1-2H3;2-8H,9H2,1H3;3*2-8H,9H2,1H3;1-7H,8H2;1-8H,9H2/q8*+1. The second-order valence-corrected chi connectivity index (χ2v) is 41.7. The lowest BCUT2D eigenvalue weighted by Gasteiger charge is -2.17. The maximum atomic E-state index is 6.16. The summed E-state index contributed by atoms with van der Waals surface area (Å²) in [6, 6.07) is 116. The van der Waals surface area contributed by atoms with Crippen molar-refractivity contribution in [2.75, 3.05) is 7.11 Å². The minimum atomic E-state index is -0.759. The van der Waals surface area contributed by atoms with E-state index in [0.29, 0.717) is 0 Å². The van der Waals surface area contributed by atoms with Crippen LogP contribution in [0.2, 0.25) is 18.2 Å². The molecule has 0 saturated heterocycles. The van der Waals surface area contributed by atoms with Gasteiger partial charge in [-0.3, -0.25) is 0 Å². The van der Waals surface area contributed by atoms with Crippen LogP contribution < -0.4 is 46.6 Å². The van der Waals surface area contributed by atoms with Crippen LogP contribution in [0.3, 0.4) is 0 Å². The molecule has 16 heterocycles. The van der Waals surface area contributed by atoms with E-state index < -0.39 is 8.80 Å². The number of methoxy groups -OCH3 is 1. The van der Waals surface area contributed by atoms with E-state index >= 15 is 0 Å². The average molecular weight is 1800 g/mol. The summed E-state index contributed by atoms with van der Waals surface area (Å²) in [5.41, 5.74) is 28.0. The van der Waals surface area contributed by atoms with Gasteiger partial charge in [-0.1, -0.05) is 204 Å². The number of hydrogen-bond acceptors (Lipinski definition) is 9. The van der Waals surface area contributed by atoms with Gasteiger partial charge in [0.05, 0.1) is 57.7 Å². The first-order valence-electron chi connectivity index (χ1n) is 41.4. The first-order valence-corrected chi connectivity index (χ1v) is 52.5.